The van der Waals surface area contributed by atoms with E-state index in [4.69, 9.17) is 10.6 Å². The van der Waals surface area contributed by atoms with Gasteiger partial charge in [0.05, 0.1) is 13.2 Å². The first-order valence-electron chi connectivity index (χ1n) is 9.82. The molecule has 0 fully saturated rings. The summed E-state index contributed by atoms with van der Waals surface area (Å²) in [5.74, 6) is 0. The first-order valence-corrected chi connectivity index (χ1v) is 11.1. The number of hydrogen-bond donors (Lipinski definition) is 3. The lowest BCUT2D eigenvalue weighted by Gasteiger charge is -2.27. The minimum atomic E-state index is -2.94. The molecule has 1 rings (SSSR count). The van der Waals surface area contributed by atoms with Gasteiger partial charge in [-0.1, -0.05) is 63.3 Å². The fourth-order valence-electron chi connectivity index (χ4n) is 3.00. The average molecular weight is 385 g/mol. The van der Waals surface area contributed by atoms with Crippen LogP contribution in [0.1, 0.15) is 69.4 Å². The van der Waals surface area contributed by atoms with E-state index in [1.54, 1.807) is 0 Å². The van der Waals surface area contributed by atoms with Crippen LogP contribution in [0.15, 0.2) is 24.3 Å². The van der Waals surface area contributed by atoms with Gasteiger partial charge in [-0.05, 0) is 43.2 Å². The van der Waals surface area contributed by atoms with Crippen molar-refractivity contribution in [1.82, 2.24) is 0 Å². The summed E-state index contributed by atoms with van der Waals surface area (Å²) in [5, 5.41) is 9.53. The summed E-state index contributed by atoms with van der Waals surface area (Å²) in [6.07, 6.45) is 10.7. The topological polar surface area (TPSA) is 92.8 Å². The number of unbranched alkanes of at least 4 members (excludes halogenated alkanes) is 5. The molecular weight excluding hydrogens is 349 g/mol. The van der Waals surface area contributed by atoms with Crippen LogP contribution in [0.2, 0.25) is 0 Å². The molecule has 0 saturated carbocycles. The summed E-state index contributed by atoms with van der Waals surface area (Å²) in [6.45, 7) is 2.16. The minimum absolute atomic E-state index is 0.0859. The molecule has 150 valence electrons. The zero-order chi connectivity index (χ0) is 19.3. The maximum Gasteiger partial charge on any atom is 0.316 e. The molecule has 4 N–H and O–H groups in total. The van der Waals surface area contributed by atoms with E-state index in [2.05, 4.69) is 35.7 Å². The number of aryl methyl sites for hydroxylation is 2. The molecule has 5 nitrogen and oxygen atoms in total. The maximum atomic E-state index is 10.6. The largest absolute Gasteiger partial charge is 0.394 e. The first-order chi connectivity index (χ1) is 12.5. The van der Waals surface area contributed by atoms with Crippen LogP contribution in [0.4, 0.5) is 0 Å². The Hall–Kier alpha value is -0.710. The van der Waals surface area contributed by atoms with Crippen LogP contribution in [0.25, 0.3) is 0 Å². The molecule has 1 aromatic rings. The monoisotopic (exact) mass is 385 g/mol. The molecule has 0 heterocycles. The lowest BCUT2D eigenvalue weighted by Crippen LogP contribution is -2.45. The van der Waals surface area contributed by atoms with Crippen molar-refractivity contribution in [2.45, 2.75) is 76.7 Å². The zero-order valence-electron chi connectivity index (χ0n) is 16.1. The van der Waals surface area contributed by atoms with Crippen molar-refractivity contribution < 1.29 is 19.1 Å². The second-order valence-electron chi connectivity index (χ2n) is 7.22. The van der Waals surface area contributed by atoms with Crippen molar-refractivity contribution in [3.05, 3.63) is 35.4 Å². The van der Waals surface area contributed by atoms with Gasteiger partial charge in [0.15, 0.2) is 0 Å². The molecular formula is C20H36NO4P. The third-order valence-electron chi connectivity index (χ3n) is 4.89. The fourth-order valence-corrected chi connectivity index (χ4v) is 3.28. The summed E-state index contributed by atoms with van der Waals surface area (Å²) in [4.78, 5) is 8.69. The van der Waals surface area contributed by atoms with Crippen molar-refractivity contribution in [2.75, 3.05) is 13.2 Å². The van der Waals surface area contributed by atoms with Crippen molar-refractivity contribution in [3.8, 4) is 0 Å². The van der Waals surface area contributed by atoms with Gasteiger partial charge in [-0.15, -0.1) is 0 Å². The highest BCUT2D eigenvalue weighted by Crippen LogP contribution is 2.21. The molecule has 2 atom stereocenters. The molecule has 0 aliphatic heterocycles. The van der Waals surface area contributed by atoms with E-state index in [1.165, 1.54) is 49.7 Å². The molecule has 26 heavy (non-hydrogen) atoms. The lowest BCUT2D eigenvalue weighted by molar-refractivity contribution is 0.153. The van der Waals surface area contributed by atoms with Crippen molar-refractivity contribution in [2.24, 2.45) is 5.73 Å². The van der Waals surface area contributed by atoms with E-state index >= 15 is 0 Å². The van der Waals surface area contributed by atoms with E-state index in [-0.39, 0.29) is 13.2 Å². The third kappa shape index (κ3) is 10.4. The number of nitrogens with two attached hydrogens (primary N) is 1. The van der Waals surface area contributed by atoms with Gasteiger partial charge in [-0.2, -0.15) is 0 Å². The predicted octanol–water partition coefficient (Wildman–Crippen LogP) is 4.00. The maximum absolute atomic E-state index is 10.6. The quantitative estimate of drug-likeness (QED) is 0.313. The standard InChI is InChI=1S/C20H36NO4P/c1-2-3-4-5-6-7-8-18-9-11-19(12-10-18)13-14-20(21,17-22)15-16-25-26(23)24/h9-12,22,26H,2-8,13-17,21H2,1H3,(H,23,24)/t20-/m0/s1. The van der Waals surface area contributed by atoms with E-state index in [0.717, 1.165) is 12.8 Å². The number of hydrogen-bond acceptors (Lipinski definition) is 4. The summed E-state index contributed by atoms with van der Waals surface area (Å²) in [5.41, 5.74) is 7.95. The minimum Gasteiger partial charge on any atom is -0.394 e. The summed E-state index contributed by atoms with van der Waals surface area (Å²) < 4.78 is 15.3. The Balaban J connectivity index is 2.32. The van der Waals surface area contributed by atoms with Crippen molar-refractivity contribution in [1.29, 1.82) is 0 Å². The Bertz CT molecular complexity index is 509. The molecule has 0 radical (unpaired) electrons. The van der Waals surface area contributed by atoms with Gasteiger partial charge in [-0.25, -0.2) is 0 Å². The normalized spacial score (nSPS) is 14.9. The number of rotatable bonds is 15. The van der Waals surface area contributed by atoms with E-state index in [0.29, 0.717) is 12.8 Å². The molecule has 0 aliphatic rings. The molecule has 6 heteroatoms. The Morgan fingerprint density at radius 3 is 2.15 bits per heavy atom. The average Bonchev–Trinajstić information content (AvgIpc) is 2.63. The number of benzene rings is 1. The predicted molar refractivity (Wildman–Crippen MR) is 108 cm³/mol. The molecule has 0 saturated heterocycles. The Kier molecular flexibility index (Phi) is 12.1. The smallest absolute Gasteiger partial charge is 0.316 e. The van der Waals surface area contributed by atoms with Gasteiger partial charge in [0.2, 0.25) is 0 Å². The summed E-state index contributed by atoms with van der Waals surface area (Å²) in [7, 11) is -2.94. The van der Waals surface area contributed by atoms with Gasteiger partial charge in [0, 0.05) is 5.54 Å². The SMILES string of the molecule is CCCCCCCCc1ccc(CC[C@@](N)(CO)CCO[PH](=O)O)cc1. The highest BCUT2D eigenvalue weighted by molar-refractivity contribution is 7.32. The zero-order valence-corrected chi connectivity index (χ0v) is 17.1. The third-order valence-corrected chi connectivity index (χ3v) is 5.35. The molecule has 0 aromatic heterocycles. The number of aliphatic hydroxyl groups excluding tert-OH is 1. The van der Waals surface area contributed by atoms with E-state index in [1.807, 2.05) is 0 Å². The van der Waals surface area contributed by atoms with Gasteiger partial charge in [0.25, 0.3) is 0 Å². The van der Waals surface area contributed by atoms with Crippen molar-refractivity contribution in [3.63, 3.8) is 0 Å². The van der Waals surface area contributed by atoms with Crippen LogP contribution in [0, 0.1) is 0 Å². The van der Waals surface area contributed by atoms with E-state index in [9.17, 15) is 9.67 Å². The summed E-state index contributed by atoms with van der Waals surface area (Å²) in [6, 6.07) is 8.62. The molecule has 0 aliphatic carbocycles. The van der Waals surface area contributed by atoms with E-state index < -0.39 is 13.8 Å². The fraction of sp³-hybridized carbons (Fsp3) is 0.700. The van der Waals surface area contributed by atoms with Crippen LogP contribution in [0.3, 0.4) is 0 Å². The molecule has 1 aromatic carbocycles. The van der Waals surface area contributed by atoms with Crippen LogP contribution in [0.5, 0.6) is 0 Å². The molecule has 0 bridgehead atoms. The van der Waals surface area contributed by atoms with Crippen molar-refractivity contribution >= 4 is 8.25 Å². The second-order valence-corrected chi connectivity index (χ2v) is 8.04. The Morgan fingerprint density at radius 1 is 1.00 bits per heavy atom. The van der Waals surface area contributed by atoms with Crippen LogP contribution >= 0.6 is 8.25 Å². The Morgan fingerprint density at radius 2 is 1.58 bits per heavy atom. The first kappa shape index (κ1) is 23.3. The van der Waals surface area contributed by atoms with Gasteiger partial charge in [0.1, 0.15) is 0 Å². The van der Waals surface area contributed by atoms with Gasteiger partial charge >= 0.3 is 8.25 Å². The molecule has 1 unspecified atom stereocenters. The van der Waals surface area contributed by atoms with Crippen LogP contribution < -0.4 is 5.73 Å². The Labute approximate surface area is 158 Å². The van der Waals surface area contributed by atoms with Gasteiger partial charge in [-0.3, -0.25) is 4.57 Å². The molecule has 0 amide bonds. The number of aliphatic hydroxyl groups is 1. The molecule has 0 spiro atoms. The highest BCUT2D eigenvalue weighted by Gasteiger charge is 2.23. The van der Waals surface area contributed by atoms with Crippen LogP contribution in [-0.2, 0) is 21.9 Å². The van der Waals surface area contributed by atoms with Crippen LogP contribution in [-0.4, -0.2) is 28.8 Å². The second kappa shape index (κ2) is 13.5. The lowest BCUT2D eigenvalue weighted by atomic mass is 9.90. The highest BCUT2D eigenvalue weighted by atomic mass is 31.1. The van der Waals surface area contributed by atoms with Gasteiger partial charge < -0.3 is 20.3 Å². The summed E-state index contributed by atoms with van der Waals surface area (Å²) >= 11 is 0.